The number of carbonyl (C=O) groups excluding carboxylic acids is 3. The first-order valence-electron chi connectivity index (χ1n) is 5.38. The first-order chi connectivity index (χ1) is 8.69. The minimum atomic E-state index is -0.890. The van der Waals surface area contributed by atoms with Gasteiger partial charge in [0.15, 0.2) is 11.4 Å². The lowest BCUT2D eigenvalue weighted by atomic mass is 10.4. The second-order valence-corrected chi connectivity index (χ2v) is 4.72. The molecule has 0 aromatic carbocycles. The Hall–Kier alpha value is -1.96. The number of aldehydes is 1. The monoisotopic (exact) mass is 269 g/mol. The van der Waals surface area contributed by atoms with Gasteiger partial charge in [-0.15, -0.1) is 0 Å². The topological polar surface area (TPSA) is 88.6 Å². The van der Waals surface area contributed by atoms with Gasteiger partial charge in [-0.2, -0.15) is 0 Å². The summed E-state index contributed by atoms with van der Waals surface area (Å²) < 4.78 is 4.60. The average Bonchev–Trinajstić information content (AvgIpc) is 2.98. The minimum absolute atomic E-state index is 0.219. The largest absolute Gasteiger partial charge is 0.422 e. The number of carbonyl (C=O) groups is 3. The lowest BCUT2D eigenvalue weighted by molar-refractivity contribution is 0.112. The van der Waals surface area contributed by atoms with Crippen molar-refractivity contribution >= 4 is 34.9 Å². The number of nitrogens with one attached hydrogen (secondary N) is 1. The SMILES string of the molecule is O=Cc1cnc(NC(=O)OC(=O)N2CCCC2)s1. The minimum Gasteiger partial charge on any atom is -0.359 e. The van der Waals surface area contributed by atoms with Crippen LogP contribution in [0.4, 0.5) is 14.7 Å². The molecule has 0 radical (unpaired) electrons. The van der Waals surface area contributed by atoms with E-state index >= 15 is 0 Å². The van der Waals surface area contributed by atoms with Crippen LogP contribution in [0.25, 0.3) is 0 Å². The smallest absolute Gasteiger partial charge is 0.359 e. The summed E-state index contributed by atoms with van der Waals surface area (Å²) in [6.07, 6.45) is 2.26. The number of rotatable bonds is 2. The van der Waals surface area contributed by atoms with E-state index in [1.807, 2.05) is 0 Å². The first-order valence-corrected chi connectivity index (χ1v) is 6.19. The number of hydrogen-bond acceptors (Lipinski definition) is 6. The molecule has 2 rings (SSSR count). The molecule has 1 aliphatic rings. The Bertz CT molecular complexity index is 467. The van der Waals surface area contributed by atoms with E-state index in [1.165, 1.54) is 11.1 Å². The number of likely N-dealkylation sites (tertiary alicyclic amines) is 1. The average molecular weight is 269 g/mol. The van der Waals surface area contributed by atoms with Gasteiger partial charge in [-0.3, -0.25) is 10.1 Å². The molecule has 0 bridgehead atoms. The molecule has 2 amide bonds. The van der Waals surface area contributed by atoms with Crippen LogP contribution in [-0.4, -0.2) is 41.4 Å². The van der Waals surface area contributed by atoms with Gasteiger partial charge in [0, 0.05) is 13.1 Å². The van der Waals surface area contributed by atoms with E-state index in [0.29, 0.717) is 24.3 Å². The van der Waals surface area contributed by atoms with Crippen molar-refractivity contribution < 1.29 is 19.1 Å². The van der Waals surface area contributed by atoms with Gasteiger partial charge in [-0.25, -0.2) is 14.6 Å². The normalized spacial score (nSPS) is 14.3. The molecule has 0 aliphatic carbocycles. The summed E-state index contributed by atoms with van der Waals surface area (Å²) in [5, 5.41) is 2.51. The summed E-state index contributed by atoms with van der Waals surface area (Å²) in [6, 6.07) is 0. The number of nitrogens with zero attached hydrogens (tertiary/aromatic N) is 2. The lowest BCUT2D eigenvalue weighted by Crippen LogP contribution is -2.31. The van der Waals surface area contributed by atoms with Gasteiger partial charge in [0.05, 0.1) is 11.1 Å². The molecule has 1 aromatic rings. The quantitative estimate of drug-likeness (QED) is 0.652. The summed E-state index contributed by atoms with van der Waals surface area (Å²) in [5.41, 5.74) is 0. The number of hydrogen-bond donors (Lipinski definition) is 1. The molecular weight excluding hydrogens is 258 g/mol. The van der Waals surface area contributed by atoms with Gasteiger partial charge in [0.25, 0.3) is 0 Å². The van der Waals surface area contributed by atoms with Crippen molar-refractivity contribution in [3.63, 3.8) is 0 Å². The van der Waals surface area contributed by atoms with Gasteiger partial charge in [-0.05, 0) is 12.8 Å². The van der Waals surface area contributed by atoms with Gasteiger partial charge >= 0.3 is 12.2 Å². The molecular formula is C10H11N3O4S. The summed E-state index contributed by atoms with van der Waals surface area (Å²) in [4.78, 5) is 38.9. The highest BCUT2D eigenvalue weighted by atomic mass is 32.1. The van der Waals surface area contributed by atoms with E-state index in [4.69, 9.17) is 0 Å². The fourth-order valence-corrected chi connectivity index (χ4v) is 2.17. The van der Waals surface area contributed by atoms with Crippen LogP contribution in [0.2, 0.25) is 0 Å². The van der Waals surface area contributed by atoms with Gasteiger partial charge in [0.2, 0.25) is 0 Å². The molecule has 96 valence electrons. The van der Waals surface area contributed by atoms with E-state index in [-0.39, 0.29) is 5.13 Å². The molecule has 7 nitrogen and oxygen atoms in total. The van der Waals surface area contributed by atoms with Crippen LogP contribution in [0.15, 0.2) is 6.20 Å². The molecule has 18 heavy (non-hydrogen) atoms. The van der Waals surface area contributed by atoms with Crippen molar-refractivity contribution in [3.8, 4) is 0 Å². The van der Waals surface area contributed by atoms with E-state index in [1.54, 1.807) is 0 Å². The Balaban J connectivity index is 1.84. The predicted molar refractivity (Wildman–Crippen MR) is 63.8 cm³/mol. The third kappa shape index (κ3) is 3.04. The second-order valence-electron chi connectivity index (χ2n) is 3.66. The van der Waals surface area contributed by atoms with Gasteiger partial charge in [-0.1, -0.05) is 11.3 Å². The Kier molecular flexibility index (Phi) is 3.88. The predicted octanol–water partition coefficient (Wildman–Crippen LogP) is 1.72. The summed E-state index contributed by atoms with van der Waals surface area (Å²) in [6.45, 7) is 1.22. The molecule has 0 saturated carbocycles. The van der Waals surface area contributed by atoms with Crippen LogP contribution in [0.3, 0.4) is 0 Å². The Morgan fingerprint density at radius 1 is 1.44 bits per heavy atom. The molecule has 1 saturated heterocycles. The zero-order valence-corrected chi connectivity index (χ0v) is 10.2. The Morgan fingerprint density at radius 3 is 2.78 bits per heavy atom. The van der Waals surface area contributed by atoms with Gasteiger partial charge in [0.1, 0.15) is 0 Å². The molecule has 0 atom stereocenters. The third-order valence-electron chi connectivity index (χ3n) is 2.39. The summed E-state index contributed by atoms with van der Waals surface area (Å²) >= 11 is 1.00. The highest BCUT2D eigenvalue weighted by Crippen LogP contribution is 2.16. The fourth-order valence-electron chi connectivity index (χ4n) is 1.56. The van der Waals surface area contributed by atoms with Crippen LogP contribution in [0.1, 0.15) is 22.5 Å². The fraction of sp³-hybridized carbons (Fsp3) is 0.400. The molecule has 0 spiro atoms. The Labute approximate surface area is 107 Å². The molecule has 8 heteroatoms. The lowest BCUT2D eigenvalue weighted by Gasteiger charge is -2.13. The Morgan fingerprint density at radius 2 is 2.17 bits per heavy atom. The van der Waals surface area contributed by atoms with Crippen molar-refractivity contribution in [1.82, 2.24) is 9.88 Å². The molecule has 2 heterocycles. The van der Waals surface area contributed by atoms with Crippen LogP contribution >= 0.6 is 11.3 Å². The van der Waals surface area contributed by atoms with E-state index in [9.17, 15) is 14.4 Å². The van der Waals surface area contributed by atoms with Crippen molar-refractivity contribution in [2.75, 3.05) is 18.4 Å². The maximum absolute atomic E-state index is 11.5. The van der Waals surface area contributed by atoms with Crippen LogP contribution in [-0.2, 0) is 4.74 Å². The number of ether oxygens (including phenoxy) is 1. The highest BCUT2D eigenvalue weighted by Gasteiger charge is 2.22. The molecule has 0 unspecified atom stereocenters. The number of anilines is 1. The molecule has 1 fully saturated rings. The maximum atomic E-state index is 11.5. The van der Waals surface area contributed by atoms with Crippen LogP contribution in [0, 0.1) is 0 Å². The van der Waals surface area contributed by atoms with E-state index in [2.05, 4.69) is 15.0 Å². The molecule has 1 N–H and O–H groups in total. The second kappa shape index (κ2) is 5.58. The van der Waals surface area contributed by atoms with Crippen molar-refractivity contribution in [2.45, 2.75) is 12.8 Å². The van der Waals surface area contributed by atoms with Crippen molar-refractivity contribution in [2.24, 2.45) is 0 Å². The number of thiazole rings is 1. The summed E-state index contributed by atoms with van der Waals surface area (Å²) in [5.74, 6) is 0. The summed E-state index contributed by atoms with van der Waals surface area (Å²) in [7, 11) is 0. The molecule has 1 aliphatic heterocycles. The van der Waals surface area contributed by atoms with E-state index < -0.39 is 12.2 Å². The van der Waals surface area contributed by atoms with Crippen LogP contribution in [0.5, 0.6) is 0 Å². The highest BCUT2D eigenvalue weighted by molar-refractivity contribution is 7.17. The van der Waals surface area contributed by atoms with Crippen molar-refractivity contribution in [1.29, 1.82) is 0 Å². The van der Waals surface area contributed by atoms with Crippen molar-refractivity contribution in [3.05, 3.63) is 11.1 Å². The number of amides is 2. The number of aromatic nitrogens is 1. The van der Waals surface area contributed by atoms with Gasteiger partial charge < -0.3 is 9.64 Å². The molecule has 1 aromatic heterocycles. The maximum Gasteiger partial charge on any atom is 0.422 e. The zero-order valence-electron chi connectivity index (χ0n) is 9.42. The zero-order chi connectivity index (χ0) is 13.0. The van der Waals surface area contributed by atoms with E-state index in [0.717, 1.165) is 24.2 Å². The third-order valence-corrected chi connectivity index (χ3v) is 3.23. The standard InChI is InChI=1S/C10H11N3O4S/c14-6-7-5-11-8(18-7)12-9(15)17-10(16)13-3-1-2-4-13/h5-6H,1-4H2,(H,11,12,15). The van der Waals surface area contributed by atoms with Crippen LogP contribution < -0.4 is 5.32 Å². The first kappa shape index (κ1) is 12.5.